The highest BCUT2D eigenvalue weighted by atomic mass is 16.4. The summed E-state index contributed by atoms with van der Waals surface area (Å²) in [6.45, 7) is 2.11. The van der Waals surface area contributed by atoms with Crippen LogP contribution in [0, 0.1) is 0 Å². The van der Waals surface area contributed by atoms with Gasteiger partial charge in [0.25, 0.3) is 0 Å². The molecule has 7 N–H and O–H groups in total. The van der Waals surface area contributed by atoms with Gasteiger partial charge < -0.3 is 36.1 Å². The maximum atomic E-state index is 12.1. The lowest BCUT2D eigenvalue weighted by atomic mass is 10.1. The van der Waals surface area contributed by atoms with Gasteiger partial charge in [-0.3, -0.25) is 9.59 Å². The van der Waals surface area contributed by atoms with Gasteiger partial charge in [-0.2, -0.15) is 0 Å². The number of carboxylic acids is 1. The maximum Gasteiger partial charge on any atom is 0.316 e. The number of nitrogens with one attached hydrogen (secondary N) is 2. The Kier molecular flexibility index (Phi) is 8.09. The highest BCUT2D eigenvalue weighted by Gasteiger charge is 2.27. The zero-order valence-electron chi connectivity index (χ0n) is 14.4. The van der Waals surface area contributed by atoms with Crippen molar-refractivity contribution in [3.63, 3.8) is 0 Å². The summed E-state index contributed by atoms with van der Waals surface area (Å²) in [7, 11) is 0. The largest absolute Gasteiger partial charge is 0.481 e. The average Bonchev–Trinajstić information content (AvgIpc) is 3.04. The number of urea groups is 1. The van der Waals surface area contributed by atoms with E-state index in [1.807, 2.05) is 0 Å². The molecule has 1 aromatic heterocycles. The molecule has 4 atom stereocenters. The average molecular weight is 373 g/mol. The van der Waals surface area contributed by atoms with Gasteiger partial charge in [0.05, 0.1) is 12.7 Å². The van der Waals surface area contributed by atoms with E-state index in [-0.39, 0.29) is 24.6 Å². The van der Waals surface area contributed by atoms with Crippen LogP contribution in [0.2, 0.25) is 0 Å². The van der Waals surface area contributed by atoms with Gasteiger partial charge in [0.1, 0.15) is 18.1 Å². The molecule has 0 aliphatic rings. The minimum atomic E-state index is -1.13. The fourth-order valence-electron chi connectivity index (χ4n) is 2.04. The summed E-state index contributed by atoms with van der Waals surface area (Å²) in [4.78, 5) is 34.4. The second-order valence-corrected chi connectivity index (χ2v) is 5.70. The van der Waals surface area contributed by atoms with Gasteiger partial charge in [-0.25, -0.2) is 4.79 Å². The lowest BCUT2D eigenvalue weighted by molar-refractivity contribution is -0.137. The van der Waals surface area contributed by atoms with E-state index in [0.29, 0.717) is 0 Å². The van der Waals surface area contributed by atoms with Crippen LogP contribution in [0.1, 0.15) is 50.6 Å². The highest BCUT2D eigenvalue weighted by molar-refractivity contribution is 5.87. The first-order valence-corrected chi connectivity index (χ1v) is 7.82. The lowest BCUT2D eigenvalue weighted by Gasteiger charge is -2.21. The topological polar surface area (TPSA) is 201 Å². The van der Waals surface area contributed by atoms with Crippen molar-refractivity contribution in [1.29, 1.82) is 0 Å². The molecular formula is C14H23N5O7. The number of carbonyl (C=O) groups excluding carboxylic acids is 2. The van der Waals surface area contributed by atoms with Gasteiger partial charge in [-0.15, -0.1) is 10.2 Å². The smallest absolute Gasteiger partial charge is 0.316 e. The second kappa shape index (κ2) is 9.79. The number of Topliss-reactive ketones (excluding diaryl/α,β-unsaturated/α-hetero) is 1. The first-order chi connectivity index (χ1) is 12.1. The lowest BCUT2D eigenvalue weighted by Crippen LogP contribution is -2.51. The summed E-state index contributed by atoms with van der Waals surface area (Å²) in [6, 6.07) is -3.84. The normalized spacial score (nSPS) is 15.6. The molecule has 1 heterocycles. The molecule has 0 spiro atoms. The number of ketones is 1. The summed E-state index contributed by atoms with van der Waals surface area (Å²) >= 11 is 0. The first kappa shape index (κ1) is 21.5. The number of aliphatic carboxylic acids is 1. The molecule has 2 amide bonds. The Hall–Kier alpha value is -2.57. The summed E-state index contributed by atoms with van der Waals surface area (Å²) in [5, 5.41) is 39.4. The van der Waals surface area contributed by atoms with E-state index < -0.39 is 48.6 Å². The van der Waals surface area contributed by atoms with Crippen molar-refractivity contribution in [2.24, 2.45) is 5.73 Å². The second-order valence-electron chi connectivity index (χ2n) is 5.70. The summed E-state index contributed by atoms with van der Waals surface area (Å²) in [5.41, 5.74) is 5.56. The van der Waals surface area contributed by atoms with Crippen LogP contribution >= 0.6 is 0 Å². The molecule has 0 aliphatic heterocycles. The van der Waals surface area contributed by atoms with Crippen molar-refractivity contribution in [3.8, 4) is 0 Å². The third-order valence-corrected chi connectivity index (χ3v) is 3.43. The van der Waals surface area contributed by atoms with E-state index >= 15 is 0 Å². The Labute approximate surface area is 148 Å². The van der Waals surface area contributed by atoms with E-state index in [2.05, 4.69) is 20.8 Å². The van der Waals surface area contributed by atoms with Crippen molar-refractivity contribution in [2.45, 2.75) is 50.9 Å². The van der Waals surface area contributed by atoms with E-state index in [9.17, 15) is 19.5 Å². The Balaban J connectivity index is 2.89. The Bertz CT molecular complexity index is 633. The summed E-state index contributed by atoms with van der Waals surface area (Å²) in [6.07, 6.45) is -1.49. The number of rotatable bonds is 10. The molecular weight excluding hydrogens is 350 g/mol. The molecule has 26 heavy (non-hydrogen) atoms. The van der Waals surface area contributed by atoms with Crippen molar-refractivity contribution in [1.82, 2.24) is 20.8 Å². The van der Waals surface area contributed by atoms with Crippen LogP contribution in [0.5, 0.6) is 0 Å². The number of amides is 2. The van der Waals surface area contributed by atoms with Gasteiger partial charge in [0.2, 0.25) is 11.8 Å². The van der Waals surface area contributed by atoms with E-state index in [1.165, 1.54) is 13.8 Å². The minimum absolute atomic E-state index is 0.0713. The quantitative estimate of drug-likeness (QED) is 0.283. The monoisotopic (exact) mass is 373 g/mol. The Morgan fingerprint density at radius 3 is 2.35 bits per heavy atom. The van der Waals surface area contributed by atoms with Crippen molar-refractivity contribution < 1.29 is 34.1 Å². The number of aliphatic hydroxyl groups is 2. The van der Waals surface area contributed by atoms with Gasteiger partial charge >= 0.3 is 12.0 Å². The molecule has 0 saturated carbocycles. The molecule has 0 saturated heterocycles. The first-order valence-electron chi connectivity index (χ1n) is 7.82. The predicted molar refractivity (Wildman–Crippen MR) is 85.7 cm³/mol. The fraction of sp³-hybridized carbons (Fsp3) is 0.643. The third kappa shape index (κ3) is 6.38. The van der Waals surface area contributed by atoms with Crippen molar-refractivity contribution in [2.75, 3.05) is 6.61 Å². The number of nitrogens with two attached hydrogens (primary N) is 1. The van der Waals surface area contributed by atoms with Gasteiger partial charge in [-0.1, -0.05) is 0 Å². The molecule has 1 rings (SSSR count). The highest BCUT2D eigenvalue weighted by Crippen LogP contribution is 2.19. The molecule has 0 radical (unpaired) electrons. The van der Waals surface area contributed by atoms with Gasteiger partial charge in [0.15, 0.2) is 5.78 Å². The number of carboxylic acid groups (broad SMARTS) is 1. The number of aliphatic hydroxyl groups excluding tert-OH is 2. The molecule has 0 bridgehead atoms. The summed E-state index contributed by atoms with van der Waals surface area (Å²) < 4.78 is 5.27. The Morgan fingerprint density at radius 2 is 1.85 bits per heavy atom. The van der Waals surface area contributed by atoms with E-state index in [1.54, 1.807) is 0 Å². The van der Waals surface area contributed by atoms with Crippen LogP contribution in [-0.4, -0.2) is 62.1 Å². The number of nitrogens with zero attached hydrogens (tertiary/aromatic N) is 2. The van der Waals surface area contributed by atoms with Gasteiger partial charge in [-0.05, 0) is 20.3 Å². The standard InChI is InChI=1S/C14H23N5O7/c1-6(21)11(7(2)22)17-14(25)16-9(3-4-10(23)24)13-19-18-12(26-13)8(15)5-20/h6,8-9,11,20-21H,3-5,15H2,1-2H3,(H,23,24)(H2,16,17,25)/t6?,8-,9-,11-/m0/s1. The fourth-order valence-corrected chi connectivity index (χ4v) is 2.04. The van der Waals surface area contributed by atoms with Gasteiger partial charge in [0, 0.05) is 6.42 Å². The van der Waals surface area contributed by atoms with Crippen LogP contribution in [-0.2, 0) is 9.59 Å². The molecule has 0 aromatic carbocycles. The molecule has 1 aromatic rings. The zero-order valence-corrected chi connectivity index (χ0v) is 14.4. The number of aromatic nitrogens is 2. The van der Waals surface area contributed by atoms with Crippen LogP contribution in [0.4, 0.5) is 4.79 Å². The summed E-state index contributed by atoms with van der Waals surface area (Å²) in [5.74, 6) is -1.73. The maximum absolute atomic E-state index is 12.1. The molecule has 12 nitrogen and oxygen atoms in total. The van der Waals surface area contributed by atoms with Crippen LogP contribution in [0.3, 0.4) is 0 Å². The molecule has 0 fully saturated rings. The van der Waals surface area contributed by atoms with Crippen LogP contribution in [0.15, 0.2) is 4.42 Å². The third-order valence-electron chi connectivity index (χ3n) is 3.43. The molecule has 12 heteroatoms. The molecule has 146 valence electrons. The number of carbonyl (C=O) groups is 3. The van der Waals surface area contributed by atoms with E-state index in [0.717, 1.165) is 0 Å². The van der Waals surface area contributed by atoms with Crippen molar-refractivity contribution in [3.05, 3.63) is 11.8 Å². The number of hydrogen-bond donors (Lipinski definition) is 6. The molecule has 0 aliphatic carbocycles. The Morgan fingerprint density at radius 1 is 1.23 bits per heavy atom. The van der Waals surface area contributed by atoms with Crippen LogP contribution < -0.4 is 16.4 Å². The SMILES string of the molecule is CC(=O)[C@@H](NC(=O)N[C@@H](CCC(=O)O)c1nnc([C@@H](N)CO)o1)C(C)O. The van der Waals surface area contributed by atoms with Crippen LogP contribution in [0.25, 0.3) is 0 Å². The predicted octanol–water partition coefficient (Wildman–Crippen LogP) is -1.39. The minimum Gasteiger partial charge on any atom is -0.481 e. The van der Waals surface area contributed by atoms with Crippen molar-refractivity contribution >= 4 is 17.8 Å². The molecule has 1 unspecified atom stereocenters. The zero-order chi connectivity index (χ0) is 19.9. The van der Waals surface area contributed by atoms with E-state index in [4.69, 9.17) is 20.4 Å². The number of hydrogen-bond acceptors (Lipinski definition) is 9.